The average molecular weight is 257 g/mol. The third-order valence-electron chi connectivity index (χ3n) is 2.38. The van der Waals surface area contributed by atoms with Gasteiger partial charge in [-0.25, -0.2) is 13.6 Å². The molecule has 1 aromatic carbocycles. The molecule has 0 radical (unpaired) electrons. The zero-order chi connectivity index (χ0) is 13.2. The highest BCUT2D eigenvalue weighted by Crippen LogP contribution is 2.23. The van der Waals surface area contributed by atoms with Crippen LogP contribution in [0.2, 0.25) is 0 Å². The number of sulfonamides is 1. The van der Waals surface area contributed by atoms with Crippen LogP contribution < -0.4 is 15.8 Å². The fraction of sp³-hybridized carbons (Fsp3) is 0.455. The maximum absolute atomic E-state index is 11.2. The maximum atomic E-state index is 11.2. The number of hydrogen-bond acceptors (Lipinski definition) is 4. The lowest BCUT2D eigenvalue weighted by molar-refractivity contribution is 0.598. The molecule has 4 N–H and O–H groups in total. The Kier molecular flexibility index (Phi) is 4.00. The van der Waals surface area contributed by atoms with E-state index in [0.717, 1.165) is 12.2 Å². The van der Waals surface area contributed by atoms with Gasteiger partial charge in [0.15, 0.2) is 0 Å². The Hall–Kier alpha value is -1.27. The molecule has 0 aromatic heterocycles. The number of rotatable bonds is 4. The Labute approximate surface area is 102 Å². The molecular weight excluding hydrogens is 238 g/mol. The molecule has 0 atom stereocenters. The third kappa shape index (κ3) is 3.61. The molecular formula is C11H19N3O2S. The Morgan fingerprint density at radius 1 is 1.35 bits per heavy atom. The second-order valence-electron chi connectivity index (χ2n) is 4.54. The van der Waals surface area contributed by atoms with Gasteiger partial charge in [-0.3, -0.25) is 0 Å². The summed E-state index contributed by atoms with van der Waals surface area (Å²) in [6.07, 6.45) is 0. The predicted octanol–water partition coefficient (Wildman–Crippen LogP) is 1.01. The van der Waals surface area contributed by atoms with Crippen molar-refractivity contribution in [3.63, 3.8) is 0 Å². The summed E-state index contributed by atoms with van der Waals surface area (Å²) in [5.74, 6) is 0.513. The van der Waals surface area contributed by atoms with Crippen LogP contribution in [0.5, 0.6) is 0 Å². The van der Waals surface area contributed by atoms with E-state index in [1.54, 1.807) is 12.1 Å². The summed E-state index contributed by atoms with van der Waals surface area (Å²) >= 11 is 0. The van der Waals surface area contributed by atoms with Crippen LogP contribution in [0.3, 0.4) is 0 Å². The predicted molar refractivity (Wildman–Crippen MR) is 70.3 cm³/mol. The molecule has 6 heteroatoms. The topological polar surface area (TPSA) is 89.4 Å². The molecule has 0 saturated carbocycles. The monoisotopic (exact) mass is 257 g/mol. The number of anilines is 2. The van der Waals surface area contributed by atoms with Crippen LogP contribution in [0.4, 0.5) is 11.4 Å². The molecule has 5 nitrogen and oxygen atoms in total. The van der Waals surface area contributed by atoms with Crippen LogP contribution in [0.1, 0.15) is 13.8 Å². The van der Waals surface area contributed by atoms with Crippen molar-refractivity contribution in [1.82, 2.24) is 0 Å². The second-order valence-corrected chi connectivity index (χ2v) is 6.07. The molecule has 0 amide bonds. The Morgan fingerprint density at radius 3 is 2.35 bits per heavy atom. The molecule has 0 aliphatic rings. The fourth-order valence-electron chi connectivity index (χ4n) is 1.69. The highest BCUT2D eigenvalue weighted by molar-refractivity contribution is 7.89. The van der Waals surface area contributed by atoms with Crippen LogP contribution in [0.25, 0.3) is 0 Å². The van der Waals surface area contributed by atoms with E-state index in [-0.39, 0.29) is 10.6 Å². The first-order chi connectivity index (χ1) is 7.71. The van der Waals surface area contributed by atoms with E-state index in [4.69, 9.17) is 10.9 Å². The molecule has 0 saturated heterocycles. The second kappa shape index (κ2) is 4.93. The number of hydrogen-bond donors (Lipinski definition) is 2. The first-order valence-corrected chi connectivity index (χ1v) is 6.90. The van der Waals surface area contributed by atoms with Gasteiger partial charge in [-0.2, -0.15) is 0 Å². The van der Waals surface area contributed by atoms with Gasteiger partial charge in [0.05, 0.1) is 5.69 Å². The quantitative estimate of drug-likeness (QED) is 0.788. The zero-order valence-electron chi connectivity index (χ0n) is 10.3. The van der Waals surface area contributed by atoms with Crippen LogP contribution in [-0.4, -0.2) is 22.0 Å². The highest BCUT2D eigenvalue weighted by atomic mass is 32.2. The summed E-state index contributed by atoms with van der Waals surface area (Å²) in [7, 11) is -1.81. The van der Waals surface area contributed by atoms with Crippen LogP contribution in [0, 0.1) is 5.92 Å². The van der Waals surface area contributed by atoms with Crippen LogP contribution >= 0.6 is 0 Å². The van der Waals surface area contributed by atoms with E-state index in [9.17, 15) is 8.42 Å². The van der Waals surface area contributed by atoms with Crippen molar-refractivity contribution < 1.29 is 8.42 Å². The SMILES string of the molecule is CC(C)CN(C)c1ccc(S(N)(=O)=O)c(N)c1. The number of benzene rings is 1. The van der Waals surface area contributed by atoms with E-state index in [0.29, 0.717) is 5.92 Å². The summed E-state index contributed by atoms with van der Waals surface area (Å²) in [6, 6.07) is 4.78. The first kappa shape index (κ1) is 13.8. The molecule has 0 fully saturated rings. The standard InChI is InChI=1S/C11H19N3O2S/c1-8(2)7-14(3)9-4-5-11(10(12)6-9)17(13,15)16/h4-6,8H,7,12H2,1-3H3,(H2,13,15,16). The van der Waals surface area contributed by atoms with Gasteiger partial charge in [0.25, 0.3) is 0 Å². The van der Waals surface area contributed by atoms with Crippen molar-refractivity contribution in [2.75, 3.05) is 24.2 Å². The molecule has 1 rings (SSSR count). The first-order valence-electron chi connectivity index (χ1n) is 5.35. The number of primary sulfonamides is 1. The molecule has 0 spiro atoms. The zero-order valence-corrected chi connectivity index (χ0v) is 11.2. The summed E-state index contributed by atoms with van der Waals surface area (Å²) in [5.41, 5.74) is 6.75. The van der Waals surface area contributed by atoms with Crippen molar-refractivity contribution in [2.45, 2.75) is 18.7 Å². The molecule has 1 aromatic rings. The van der Waals surface area contributed by atoms with Gasteiger partial charge < -0.3 is 10.6 Å². The van der Waals surface area contributed by atoms with E-state index in [1.807, 2.05) is 11.9 Å². The largest absolute Gasteiger partial charge is 0.398 e. The number of nitrogens with zero attached hydrogens (tertiary/aromatic N) is 1. The molecule has 0 unspecified atom stereocenters. The number of nitrogen functional groups attached to an aromatic ring is 1. The van der Waals surface area contributed by atoms with Crippen LogP contribution in [0.15, 0.2) is 23.1 Å². The summed E-state index contributed by atoms with van der Waals surface area (Å²) in [5, 5.41) is 5.04. The van der Waals surface area contributed by atoms with Gasteiger partial charge in [-0.05, 0) is 24.1 Å². The lowest BCUT2D eigenvalue weighted by Gasteiger charge is -2.22. The normalized spacial score (nSPS) is 11.8. The van der Waals surface area contributed by atoms with Crippen molar-refractivity contribution in [1.29, 1.82) is 0 Å². The van der Waals surface area contributed by atoms with Crippen LogP contribution in [-0.2, 0) is 10.0 Å². The van der Waals surface area contributed by atoms with Crippen molar-refractivity contribution in [3.8, 4) is 0 Å². The highest BCUT2D eigenvalue weighted by Gasteiger charge is 2.13. The van der Waals surface area contributed by atoms with E-state index in [1.165, 1.54) is 6.07 Å². The maximum Gasteiger partial charge on any atom is 0.240 e. The van der Waals surface area contributed by atoms with Gasteiger partial charge in [0.2, 0.25) is 10.0 Å². The van der Waals surface area contributed by atoms with Crippen molar-refractivity contribution in [2.24, 2.45) is 11.1 Å². The average Bonchev–Trinajstić information content (AvgIpc) is 2.14. The van der Waals surface area contributed by atoms with Crippen molar-refractivity contribution >= 4 is 21.4 Å². The van der Waals surface area contributed by atoms with Gasteiger partial charge in [0, 0.05) is 19.3 Å². The Morgan fingerprint density at radius 2 is 1.94 bits per heavy atom. The van der Waals surface area contributed by atoms with Gasteiger partial charge >= 0.3 is 0 Å². The number of nitrogens with two attached hydrogens (primary N) is 2. The fourth-order valence-corrected chi connectivity index (χ4v) is 2.33. The lowest BCUT2D eigenvalue weighted by atomic mass is 10.2. The summed E-state index contributed by atoms with van der Waals surface area (Å²) in [6.45, 7) is 5.09. The summed E-state index contributed by atoms with van der Waals surface area (Å²) in [4.78, 5) is 1.99. The van der Waals surface area contributed by atoms with Gasteiger partial charge in [-0.1, -0.05) is 13.8 Å². The minimum absolute atomic E-state index is 0.0285. The molecule has 0 bridgehead atoms. The third-order valence-corrected chi connectivity index (χ3v) is 3.36. The molecule has 0 heterocycles. The van der Waals surface area contributed by atoms with Crippen molar-refractivity contribution in [3.05, 3.63) is 18.2 Å². The Balaban J connectivity index is 3.05. The van der Waals surface area contributed by atoms with E-state index in [2.05, 4.69) is 13.8 Å². The molecule has 96 valence electrons. The molecule has 0 aliphatic carbocycles. The smallest absolute Gasteiger partial charge is 0.240 e. The van der Waals surface area contributed by atoms with E-state index < -0.39 is 10.0 Å². The molecule has 0 aliphatic heterocycles. The molecule has 17 heavy (non-hydrogen) atoms. The van der Waals surface area contributed by atoms with E-state index >= 15 is 0 Å². The Bertz CT molecular complexity index is 497. The van der Waals surface area contributed by atoms with Gasteiger partial charge in [0.1, 0.15) is 4.90 Å². The minimum atomic E-state index is -3.74. The lowest BCUT2D eigenvalue weighted by Crippen LogP contribution is -2.23. The minimum Gasteiger partial charge on any atom is -0.398 e. The van der Waals surface area contributed by atoms with Gasteiger partial charge in [-0.15, -0.1) is 0 Å². The summed E-state index contributed by atoms with van der Waals surface area (Å²) < 4.78 is 22.4.